The van der Waals surface area contributed by atoms with Gasteiger partial charge in [-0.15, -0.1) is 0 Å². The largest absolute Gasteiger partial charge is 0.378 e. The minimum absolute atomic E-state index is 0.0406. The first-order chi connectivity index (χ1) is 15.7. The molecular weight excluding hydrogens is 404 g/mol. The Morgan fingerprint density at radius 1 is 1.09 bits per heavy atom. The molecule has 5 rings (SSSR count). The molecule has 0 aliphatic carbocycles. The van der Waals surface area contributed by atoms with E-state index in [-0.39, 0.29) is 5.91 Å². The van der Waals surface area contributed by atoms with Crippen LogP contribution in [0.25, 0.3) is 11.3 Å². The zero-order valence-electron chi connectivity index (χ0n) is 18.1. The van der Waals surface area contributed by atoms with Crippen LogP contribution >= 0.6 is 0 Å². The van der Waals surface area contributed by atoms with Crippen molar-refractivity contribution in [1.29, 1.82) is 0 Å². The number of aromatic nitrogens is 4. The number of carbonyl (C=O) groups is 1. The summed E-state index contributed by atoms with van der Waals surface area (Å²) in [6, 6.07) is 14.0. The van der Waals surface area contributed by atoms with Crippen LogP contribution < -0.4 is 5.32 Å². The highest BCUT2D eigenvalue weighted by molar-refractivity contribution is 5.94. The summed E-state index contributed by atoms with van der Waals surface area (Å²) >= 11 is 0. The fourth-order valence-electron chi connectivity index (χ4n) is 4.03. The lowest BCUT2D eigenvalue weighted by molar-refractivity contribution is 0.0298. The Bertz CT molecular complexity index is 1240. The topological polar surface area (TPSA) is 76.7 Å². The molecule has 1 aromatic carbocycles. The Morgan fingerprint density at radius 2 is 1.91 bits per heavy atom. The number of hydrogen-bond donors (Lipinski definition) is 1. The van der Waals surface area contributed by atoms with E-state index in [0.717, 1.165) is 22.6 Å². The first-order valence-corrected chi connectivity index (χ1v) is 10.8. The van der Waals surface area contributed by atoms with Gasteiger partial charge in [0.1, 0.15) is 5.65 Å². The third-order valence-electron chi connectivity index (χ3n) is 5.75. The molecule has 1 amide bonds. The first-order valence-electron chi connectivity index (χ1n) is 10.8. The molecule has 8 heteroatoms. The van der Waals surface area contributed by atoms with Crippen molar-refractivity contribution in [1.82, 2.24) is 29.4 Å². The van der Waals surface area contributed by atoms with Gasteiger partial charge in [-0.25, -0.2) is 9.67 Å². The molecule has 8 nitrogen and oxygen atoms in total. The van der Waals surface area contributed by atoms with Gasteiger partial charge in [0.2, 0.25) is 0 Å². The highest BCUT2D eigenvalue weighted by Gasteiger charge is 2.25. The normalized spacial score (nSPS) is 14.2. The monoisotopic (exact) mass is 430 g/mol. The Kier molecular flexibility index (Phi) is 5.70. The molecular formula is C24H26N6O2. The second-order valence-corrected chi connectivity index (χ2v) is 7.92. The van der Waals surface area contributed by atoms with Gasteiger partial charge in [0.25, 0.3) is 5.91 Å². The summed E-state index contributed by atoms with van der Waals surface area (Å²) < 4.78 is 9.27. The van der Waals surface area contributed by atoms with E-state index in [1.807, 2.05) is 62.9 Å². The third-order valence-corrected chi connectivity index (χ3v) is 5.75. The van der Waals surface area contributed by atoms with Crippen molar-refractivity contribution < 1.29 is 9.53 Å². The van der Waals surface area contributed by atoms with Crippen molar-refractivity contribution in [3.63, 3.8) is 0 Å². The number of aryl methyl sites for hydroxylation is 1. The molecule has 0 bridgehead atoms. The molecule has 164 valence electrons. The van der Waals surface area contributed by atoms with E-state index in [9.17, 15) is 4.79 Å². The average molecular weight is 431 g/mol. The summed E-state index contributed by atoms with van der Waals surface area (Å²) in [6.07, 6.45) is 5.85. The van der Waals surface area contributed by atoms with Crippen LogP contribution in [0.2, 0.25) is 0 Å². The lowest BCUT2D eigenvalue weighted by Gasteiger charge is -2.26. The number of para-hydroxylation sites is 1. The van der Waals surface area contributed by atoms with Crippen molar-refractivity contribution >= 4 is 11.6 Å². The first kappa shape index (κ1) is 20.4. The van der Waals surface area contributed by atoms with Gasteiger partial charge in [0.15, 0.2) is 5.69 Å². The molecule has 1 aliphatic rings. The summed E-state index contributed by atoms with van der Waals surface area (Å²) in [5.74, 6) is -0.0406. The van der Waals surface area contributed by atoms with Gasteiger partial charge in [0.05, 0.1) is 30.8 Å². The van der Waals surface area contributed by atoms with E-state index in [2.05, 4.69) is 34.5 Å². The fourth-order valence-corrected chi connectivity index (χ4v) is 4.03. The molecule has 1 N–H and O–H groups in total. The highest BCUT2D eigenvalue weighted by Crippen LogP contribution is 2.17. The number of nitrogens with zero attached hydrogens (tertiary/aromatic N) is 5. The molecule has 0 unspecified atom stereocenters. The molecule has 4 aromatic rings. The molecule has 0 atom stereocenters. The van der Waals surface area contributed by atoms with Crippen LogP contribution in [0.3, 0.4) is 0 Å². The van der Waals surface area contributed by atoms with Crippen molar-refractivity contribution in [3.8, 4) is 5.69 Å². The van der Waals surface area contributed by atoms with Crippen LogP contribution in [-0.4, -0.2) is 56.3 Å². The summed E-state index contributed by atoms with van der Waals surface area (Å²) in [5, 5.41) is 7.97. The average Bonchev–Trinajstić information content (AvgIpc) is 3.45. The maximum atomic E-state index is 13.2. The number of rotatable bonds is 6. The SMILES string of the molecule is Cc1ccccc1-n1cc(CNCc2c(C(=O)N3CCOCC3)nc3ccccn23)cn1. The molecule has 0 spiro atoms. The highest BCUT2D eigenvalue weighted by atomic mass is 16.5. The van der Waals surface area contributed by atoms with E-state index in [0.29, 0.717) is 45.1 Å². The zero-order valence-corrected chi connectivity index (χ0v) is 18.1. The number of ether oxygens (including phenoxy) is 1. The maximum Gasteiger partial charge on any atom is 0.274 e. The van der Waals surface area contributed by atoms with Crippen LogP contribution in [0.5, 0.6) is 0 Å². The van der Waals surface area contributed by atoms with Crippen LogP contribution in [0.4, 0.5) is 0 Å². The predicted octanol–water partition coefficient (Wildman–Crippen LogP) is 2.59. The van der Waals surface area contributed by atoms with Crippen molar-refractivity contribution in [2.75, 3.05) is 26.3 Å². The maximum absolute atomic E-state index is 13.2. The molecule has 3 aromatic heterocycles. The predicted molar refractivity (Wildman–Crippen MR) is 121 cm³/mol. The number of carbonyl (C=O) groups excluding carboxylic acids is 1. The van der Waals surface area contributed by atoms with Crippen LogP contribution in [-0.2, 0) is 17.8 Å². The van der Waals surface area contributed by atoms with Crippen LogP contribution in [0, 0.1) is 6.92 Å². The zero-order chi connectivity index (χ0) is 21.9. The van der Waals surface area contributed by atoms with Gasteiger partial charge in [-0.2, -0.15) is 5.10 Å². The standard InChI is InChI=1S/C24H26N6O2/c1-18-6-2-3-7-20(18)30-17-19(15-26-30)14-25-16-21-23(24(31)28-10-12-32-13-11-28)27-22-8-4-5-9-29(21)22/h2-9,15,17,25H,10-14,16H2,1H3. The number of imidazole rings is 1. The number of amides is 1. The lowest BCUT2D eigenvalue weighted by atomic mass is 10.2. The van der Waals surface area contributed by atoms with Gasteiger partial charge in [-0.1, -0.05) is 24.3 Å². The second kappa shape index (κ2) is 8.94. The number of benzene rings is 1. The molecule has 0 radical (unpaired) electrons. The van der Waals surface area contributed by atoms with Crippen molar-refractivity contribution in [2.24, 2.45) is 0 Å². The molecule has 1 saturated heterocycles. The van der Waals surface area contributed by atoms with E-state index < -0.39 is 0 Å². The van der Waals surface area contributed by atoms with Crippen LogP contribution in [0.1, 0.15) is 27.3 Å². The number of morpholine rings is 1. The Labute approximate surface area is 186 Å². The Hall–Kier alpha value is -3.49. The summed E-state index contributed by atoms with van der Waals surface area (Å²) in [5.41, 5.74) is 5.45. The molecule has 0 saturated carbocycles. The summed E-state index contributed by atoms with van der Waals surface area (Å²) in [4.78, 5) is 19.6. The Balaban J connectivity index is 1.33. The van der Waals surface area contributed by atoms with Crippen molar-refractivity contribution in [3.05, 3.63) is 83.6 Å². The van der Waals surface area contributed by atoms with E-state index in [4.69, 9.17) is 4.74 Å². The number of nitrogens with one attached hydrogen (secondary N) is 1. The van der Waals surface area contributed by atoms with Gasteiger partial charge in [-0.05, 0) is 30.7 Å². The van der Waals surface area contributed by atoms with Gasteiger partial charge < -0.3 is 19.4 Å². The molecule has 1 aliphatic heterocycles. The van der Waals surface area contributed by atoms with Crippen LogP contribution in [0.15, 0.2) is 61.1 Å². The number of pyridine rings is 1. The van der Waals surface area contributed by atoms with E-state index in [1.165, 1.54) is 5.56 Å². The van der Waals surface area contributed by atoms with Gasteiger partial charge in [0, 0.05) is 44.1 Å². The van der Waals surface area contributed by atoms with Crippen molar-refractivity contribution in [2.45, 2.75) is 20.0 Å². The third kappa shape index (κ3) is 4.02. The smallest absolute Gasteiger partial charge is 0.274 e. The van der Waals surface area contributed by atoms with E-state index >= 15 is 0 Å². The molecule has 1 fully saturated rings. The minimum atomic E-state index is -0.0406. The van der Waals surface area contributed by atoms with E-state index in [1.54, 1.807) is 0 Å². The molecule has 4 heterocycles. The molecule has 32 heavy (non-hydrogen) atoms. The van der Waals surface area contributed by atoms with Gasteiger partial charge in [-0.3, -0.25) is 4.79 Å². The second-order valence-electron chi connectivity index (χ2n) is 7.92. The summed E-state index contributed by atoms with van der Waals surface area (Å²) in [6.45, 7) is 5.56. The lowest BCUT2D eigenvalue weighted by Crippen LogP contribution is -2.41. The van der Waals surface area contributed by atoms with Gasteiger partial charge >= 0.3 is 0 Å². The number of hydrogen-bond acceptors (Lipinski definition) is 5. The summed E-state index contributed by atoms with van der Waals surface area (Å²) in [7, 11) is 0. The quantitative estimate of drug-likeness (QED) is 0.509. The minimum Gasteiger partial charge on any atom is -0.378 e. The fraction of sp³-hybridized carbons (Fsp3) is 0.292. The Morgan fingerprint density at radius 3 is 2.75 bits per heavy atom. The number of fused-ring (bicyclic) bond motifs is 1.